The molecule has 0 unspecified atom stereocenters. The fraction of sp³-hybridized carbons (Fsp3) is 0.292. The van der Waals surface area contributed by atoms with Gasteiger partial charge in [-0.05, 0) is 61.9 Å². The highest BCUT2D eigenvalue weighted by molar-refractivity contribution is 5.84. The summed E-state index contributed by atoms with van der Waals surface area (Å²) in [7, 11) is 0. The molecule has 1 N–H and O–H groups in total. The van der Waals surface area contributed by atoms with Gasteiger partial charge in [-0.25, -0.2) is 9.67 Å². The van der Waals surface area contributed by atoms with E-state index in [0.717, 1.165) is 65.0 Å². The molecule has 1 saturated carbocycles. The number of aliphatic hydroxyl groups excluding tert-OH is 1. The van der Waals surface area contributed by atoms with E-state index in [1.807, 2.05) is 29.1 Å². The van der Waals surface area contributed by atoms with E-state index < -0.39 is 0 Å². The van der Waals surface area contributed by atoms with Crippen molar-refractivity contribution in [3.63, 3.8) is 0 Å². The van der Waals surface area contributed by atoms with Crippen LogP contribution in [0.1, 0.15) is 31.2 Å². The van der Waals surface area contributed by atoms with Crippen LogP contribution < -0.4 is 0 Å². The van der Waals surface area contributed by atoms with Crippen molar-refractivity contribution in [2.45, 2.75) is 38.7 Å². The smallest absolute Gasteiger partial charge is 0.154 e. The zero-order valence-corrected chi connectivity index (χ0v) is 16.5. The highest BCUT2D eigenvalue weighted by Crippen LogP contribution is 2.31. The average Bonchev–Trinajstić information content (AvgIpc) is 3.16. The van der Waals surface area contributed by atoms with Gasteiger partial charge in [0.1, 0.15) is 0 Å². The van der Waals surface area contributed by atoms with Crippen LogP contribution >= 0.6 is 0 Å². The van der Waals surface area contributed by atoms with E-state index in [2.05, 4.69) is 48.4 Å². The Morgan fingerprint density at radius 3 is 2.66 bits per heavy atom. The lowest BCUT2D eigenvalue weighted by atomic mass is 9.79. The molecule has 3 aromatic heterocycles. The van der Waals surface area contributed by atoms with Crippen LogP contribution in [0.25, 0.3) is 28.0 Å². The second-order valence-corrected chi connectivity index (χ2v) is 7.88. The van der Waals surface area contributed by atoms with Crippen molar-refractivity contribution in [2.75, 3.05) is 0 Å². The first-order chi connectivity index (χ1) is 14.2. The lowest BCUT2D eigenvalue weighted by molar-refractivity contribution is 0.0428. The van der Waals surface area contributed by atoms with Crippen molar-refractivity contribution in [3.05, 3.63) is 72.2 Å². The topological polar surface area (TPSA) is 63.8 Å². The van der Waals surface area contributed by atoms with Gasteiger partial charge in [-0.1, -0.05) is 31.2 Å². The number of fused-ring (bicyclic) bond motifs is 1. The van der Waals surface area contributed by atoms with E-state index in [-0.39, 0.29) is 6.10 Å². The third kappa shape index (κ3) is 3.54. The van der Waals surface area contributed by atoms with Gasteiger partial charge >= 0.3 is 0 Å². The SMILES string of the molecule is CCc1cccc(-n2ncc3ccc(-c4cccc(CC5CC(O)C5)n4)cc32)n1. The zero-order valence-electron chi connectivity index (χ0n) is 16.5. The number of benzene rings is 1. The first-order valence-electron chi connectivity index (χ1n) is 10.3. The van der Waals surface area contributed by atoms with Crippen LogP contribution in [0.4, 0.5) is 0 Å². The van der Waals surface area contributed by atoms with Gasteiger partial charge in [-0.3, -0.25) is 4.98 Å². The molecule has 5 nitrogen and oxygen atoms in total. The molecule has 0 atom stereocenters. The van der Waals surface area contributed by atoms with Crippen LogP contribution in [0.15, 0.2) is 60.8 Å². The van der Waals surface area contributed by atoms with Crippen molar-refractivity contribution in [1.82, 2.24) is 19.7 Å². The molecule has 1 aromatic carbocycles. The van der Waals surface area contributed by atoms with Crippen LogP contribution in [-0.2, 0) is 12.8 Å². The van der Waals surface area contributed by atoms with E-state index in [1.165, 1.54) is 0 Å². The quantitative estimate of drug-likeness (QED) is 0.555. The number of aromatic nitrogens is 4. The summed E-state index contributed by atoms with van der Waals surface area (Å²) in [6, 6.07) is 18.6. The lowest BCUT2D eigenvalue weighted by Crippen LogP contribution is -2.29. The predicted molar refractivity (Wildman–Crippen MR) is 114 cm³/mol. The molecule has 5 heteroatoms. The van der Waals surface area contributed by atoms with Crippen molar-refractivity contribution >= 4 is 10.9 Å². The Hall–Kier alpha value is -3.05. The Morgan fingerprint density at radius 1 is 1.00 bits per heavy atom. The number of nitrogens with zero attached hydrogens (tertiary/aromatic N) is 4. The summed E-state index contributed by atoms with van der Waals surface area (Å²) >= 11 is 0. The molecule has 0 saturated heterocycles. The highest BCUT2D eigenvalue weighted by atomic mass is 16.3. The normalized spacial score (nSPS) is 18.7. The summed E-state index contributed by atoms with van der Waals surface area (Å²) in [5.74, 6) is 1.38. The Morgan fingerprint density at radius 2 is 1.83 bits per heavy atom. The van der Waals surface area contributed by atoms with Gasteiger partial charge in [0.15, 0.2) is 5.82 Å². The van der Waals surface area contributed by atoms with Crippen LogP contribution in [0.5, 0.6) is 0 Å². The van der Waals surface area contributed by atoms with Crippen LogP contribution in [0.2, 0.25) is 0 Å². The highest BCUT2D eigenvalue weighted by Gasteiger charge is 2.27. The maximum Gasteiger partial charge on any atom is 0.154 e. The molecular formula is C24H24N4O. The van der Waals surface area contributed by atoms with Crippen molar-refractivity contribution in [3.8, 4) is 17.1 Å². The minimum atomic E-state index is -0.120. The molecule has 0 radical (unpaired) electrons. The molecule has 146 valence electrons. The summed E-state index contributed by atoms with van der Waals surface area (Å²) in [5.41, 5.74) is 5.20. The molecule has 1 aliphatic rings. The molecule has 0 aliphatic heterocycles. The van der Waals surface area contributed by atoms with E-state index >= 15 is 0 Å². The molecule has 0 amide bonds. The number of hydrogen-bond acceptors (Lipinski definition) is 4. The van der Waals surface area contributed by atoms with Gasteiger partial charge in [0.05, 0.1) is 23.5 Å². The lowest BCUT2D eigenvalue weighted by Gasteiger charge is -2.31. The number of hydrogen-bond donors (Lipinski definition) is 1. The molecule has 4 aromatic rings. The Bertz CT molecular complexity index is 1160. The fourth-order valence-electron chi connectivity index (χ4n) is 4.06. The van der Waals surface area contributed by atoms with Crippen molar-refractivity contribution in [1.29, 1.82) is 0 Å². The summed E-state index contributed by atoms with van der Waals surface area (Å²) in [6.07, 6.45) is 5.37. The molecule has 1 fully saturated rings. The van der Waals surface area contributed by atoms with E-state index in [1.54, 1.807) is 0 Å². The molecule has 1 aliphatic carbocycles. The minimum absolute atomic E-state index is 0.120. The Labute approximate surface area is 170 Å². The number of pyridine rings is 2. The summed E-state index contributed by atoms with van der Waals surface area (Å²) in [5, 5.41) is 15.2. The number of aryl methyl sites for hydroxylation is 1. The van der Waals surface area contributed by atoms with Crippen molar-refractivity contribution in [2.24, 2.45) is 5.92 Å². The van der Waals surface area contributed by atoms with E-state index in [4.69, 9.17) is 9.97 Å². The molecule has 29 heavy (non-hydrogen) atoms. The van der Waals surface area contributed by atoms with Crippen LogP contribution in [0, 0.1) is 5.92 Å². The minimum Gasteiger partial charge on any atom is -0.393 e. The summed E-state index contributed by atoms with van der Waals surface area (Å²) < 4.78 is 1.90. The van der Waals surface area contributed by atoms with E-state index in [0.29, 0.717) is 5.92 Å². The molecule has 5 rings (SSSR count). The monoisotopic (exact) mass is 384 g/mol. The average molecular weight is 384 g/mol. The van der Waals surface area contributed by atoms with Crippen molar-refractivity contribution < 1.29 is 5.11 Å². The summed E-state index contributed by atoms with van der Waals surface area (Å²) in [6.45, 7) is 2.11. The first kappa shape index (κ1) is 18.0. The van der Waals surface area contributed by atoms with Gasteiger partial charge in [0.25, 0.3) is 0 Å². The number of aliphatic hydroxyl groups is 1. The van der Waals surface area contributed by atoms with Gasteiger partial charge in [0.2, 0.25) is 0 Å². The maximum absolute atomic E-state index is 9.53. The second-order valence-electron chi connectivity index (χ2n) is 7.88. The zero-order chi connectivity index (χ0) is 19.8. The predicted octanol–water partition coefficient (Wildman–Crippen LogP) is 4.36. The third-order valence-electron chi connectivity index (χ3n) is 5.75. The van der Waals surface area contributed by atoms with Gasteiger partial charge < -0.3 is 5.11 Å². The molecular weight excluding hydrogens is 360 g/mol. The fourth-order valence-corrected chi connectivity index (χ4v) is 4.06. The summed E-state index contributed by atoms with van der Waals surface area (Å²) in [4.78, 5) is 9.60. The van der Waals surface area contributed by atoms with Gasteiger partial charge in [-0.15, -0.1) is 0 Å². The molecule has 3 heterocycles. The molecule has 0 spiro atoms. The maximum atomic E-state index is 9.53. The van der Waals surface area contributed by atoms with Crippen LogP contribution in [0.3, 0.4) is 0 Å². The number of rotatable bonds is 5. The Kier molecular flexibility index (Phi) is 4.60. The van der Waals surface area contributed by atoms with Gasteiger partial charge in [0, 0.05) is 22.3 Å². The van der Waals surface area contributed by atoms with E-state index in [9.17, 15) is 5.11 Å². The largest absolute Gasteiger partial charge is 0.393 e. The second kappa shape index (κ2) is 7.41. The van der Waals surface area contributed by atoms with Crippen LogP contribution in [-0.4, -0.2) is 31.0 Å². The Balaban J connectivity index is 1.50. The molecule has 0 bridgehead atoms. The standard InChI is InChI=1S/C24H24N4O/c1-2-19-5-4-8-24(27-19)28-23-14-17(9-10-18(23)15-25-28)22-7-3-6-20(26-22)11-16-12-21(29)13-16/h3-10,14-16,21,29H,2,11-13H2,1H3. The third-order valence-corrected chi connectivity index (χ3v) is 5.75. The van der Waals surface area contributed by atoms with Gasteiger partial charge in [-0.2, -0.15) is 5.10 Å². The first-order valence-corrected chi connectivity index (χ1v) is 10.3.